The average Bonchev–Trinajstić information content (AvgIpc) is 2.54. The molecule has 0 spiro atoms. The van der Waals surface area contributed by atoms with E-state index in [1.54, 1.807) is 19.1 Å². The Morgan fingerprint density at radius 1 is 1.27 bits per heavy atom. The van der Waals surface area contributed by atoms with E-state index in [1.165, 1.54) is 5.56 Å². The monoisotopic (exact) mass is 362 g/mol. The number of nitrogens with one attached hydrogen (secondary N) is 2. The summed E-state index contributed by atoms with van der Waals surface area (Å²) in [6, 6.07) is 8.22. The number of carbonyl (C=O) groups is 1. The number of nitrogens with zero attached hydrogens (tertiary/aromatic N) is 2. The van der Waals surface area contributed by atoms with Crippen molar-refractivity contribution in [2.45, 2.75) is 38.8 Å². The summed E-state index contributed by atoms with van der Waals surface area (Å²) in [5, 5.41) is 6.63. The number of rotatable bonds is 5. The van der Waals surface area contributed by atoms with E-state index in [0.29, 0.717) is 13.1 Å². The molecule has 0 aromatic heterocycles. The van der Waals surface area contributed by atoms with E-state index in [4.69, 9.17) is 9.47 Å². The van der Waals surface area contributed by atoms with Crippen LogP contribution in [-0.2, 0) is 11.2 Å². The van der Waals surface area contributed by atoms with Gasteiger partial charge >= 0.3 is 6.09 Å². The molecule has 26 heavy (non-hydrogen) atoms. The molecule has 1 aliphatic heterocycles. The molecule has 0 saturated carbocycles. The molecule has 144 valence electrons. The van der Waals surface area contributed by atoms with E-state index in [9.17, 15) is 4.79 Å². The van der Waals surface area contributed by atoms with Gasteiger partial charge in [0.05, 0.1) is 13.2 Å². The highest BCUT2D eigenvalue weighted by atomic mass is 16.6. The molecule has 1 amide bonds. The fourth-order valence-electron chi connectivity index (χ4n) is 2.55. The lowest BCUT2D eigenvalue weighted by Crippen LogP contribution is -2.63. The van der Waals surface area contributed by atoms with Crippen LogP contribution in [0.1, 0.15) is 26.3 Å². The van der Waals surface area contributed by atoms with E-state index in [1.807, 2.05) is 32.9 Å². The highest BCUT2D eigenvalue weighted by Crippen LogP contribution is 2.15. The molecule has 0 bridgehead atoms. The third-order valence-corrected chi connectivity index (χ3v) is 3.96. The summed E-state index contributed by atoms with van der Waals surface area (Å²) in [5.41, 5.74) is 0.766. The summed E-state index contributed by atoms with van der Waals surface area (Å²) in [4.78, 5) is 17.9. The Labute approximate surface area is 155 Å². The molecular weight excluding hydrogens is 332 g/mol. The molecule has 1 heterocycles. The molecule has 2 N–H and O–H groups in total. The van der Waals surface area contributed by atoms with Crippen molar-refractivity contribution in [2.24, 2.45) is 4.99 Å². The van der Waals surface area contributed by atoms with Gasteiger partial charge in [-0.2, -0.15) is 0 Å². The molecule has 1 aromatic rings. The first kappa shape index (κ1) is 19.9. The van der Waals surface area contributed by atoms with Crippen LogP contribution < -0.4 is 15.4 Å². The van der Waals surface area contributed by atoms with Gasteiger partial charge in [-0.05, 0) is 44.9 Å². The van der Waals surface area contributed by atoms with Crippen LogP contribution in [-0.4, -0.2) is 62.4 Å². The number of methoxy groups -OCH3 is 1. The van der Waals surface area contributed by atoms with Gasteiger partial charge in [0.15, 0.2) is 5.96 Å². The Bertz CT molecular complexity index is 617. The summed E-state index contributed by atoms with van der Waals surface area (Å²) in [7, 11) is 3.41. The number of likely N-dealkylation sites (tertiary alicyclic amines) is 1. The number of aliphatic imine (C=N–C) groups is 1. The Balaban J connectivity index is 1.68. The van der Waals surface area contributed by atoms with E-state index < -0.39 is 5.60 Å². The minimum Gasteiger partial charge on any atom is -0.497 e. The summed E-state index contributed by atoms with van der Waals surface area (Å²) in [5.74, 6) is 1.60. The quantitative estimate of drug-likeness (QED) is 0.619. The maximum Gasteiger partial charge on any atom is 0.410 e. The molecule has 1 aromatic carbocycles. The number of guanidine groups is 1. The first-order valence-corrected chi connectivity index (χ1v) is 8.89. The second-order valence-electron chi connectivity index (χ2n) is 7.32. The zero-order valence-corrected chi connectivity index (χ0v) is 16.3. The lowest BCUT2D eigenvalue weighted by Gasteiger charge is -2.40. The van der Waals surface area contributed by atoms with Crippen LogP contribution in [0.5, 0.6) is 5.75 Å². The maximum atomic E-state index is 11.9. The fraction of sp³-hybridized carbons (Fsp3) is 0.579. The number of hydrogen-bond acceptors (Lipinski definition) is 4. The van der Waals surface area contributed by atoms with Gasteiger partial charge in [-0.1, -0.05) is 12.1 Å². The molecule has 0 atom stereocenters. The van der Waals surface area contributed by atoms with Gasteiger partial charge in [-0.3, -0.25) is 4.99 Å². The highest BCUT2D eigenvalue weighted by molar-refractivity contribution is 5.80. The molecule has 0 unspecified atom stereocenters. The first-order chi connectivity index (χ1) is 12.3. The molecule has 1 saturated heterocycles. The molecule has 7 nitrogen and oxygen atoms in total. The molecular formula is C19H30N4O3. The summed E-state index contributed by atoms with van der Waals surface area (Å²) >= 11 is 0. The highest BCUT2D eigenvalue weighted by Gasteiger charge is 2.34. The van der Waals surface area contributed by atoms with Gasteiger partial charge in [-0.25, -0.2) is 4.79 Å². The third-order valence-electron chi connectivity index (χ3n) is 3.96. The Morgan fingerprint density at radius 3 is 2.46 bits per heavy atom. The average molecular weight is 362 g/mol. The molecule has 1 aliphatic rings. The SMILES string of the molecule is CN=C(NCCc1ccc(OC)cc1)NC1CN(C(=O)OC(C)(C)C)C1. The second kappa shape index (κ2) is 8.78. The predicted molar refractivity (Wildman–Crippen MR) is 103 cm³/mol. The molecule has 7 heteroatoms. The minimum atomic E-state index is -0.464. The van der Waals surface area contributed by atoms with Crippen molar-refractivity contribution in [3.63, 3.8) is 0 Å². The number of benzene rings is 1. The van der Waals surface area contributed by atoms with Gasteiger partial charge in [0.1, 0.15) is 11.4 Å². The number of ether oxygens (including phenoxy) is 2. The zero-order valence-electron chi connectivity index (χ0n) is 16.3. The first-order valence-electron chi connectivity index (χ1n) is 8.89. The Kier molecular flexibility index (Phi) is 6.71. The fourth-order valence-corrected chi connectivity index (χ4v) is 2.55. The van der Waals surface area contributed by atoms with Crippen LogP contribution in [0.25, 0.3) is 0 Å². The van der Waals surface area contributed by atoms with Gasteiger partial charge in [0.25, 0.3) is 0 Å². The van der Waals surface area contributed by atoms with Crippen LogP contribution in [0.3, 0.4) is 0 Å². The molecule has 1 fully saturated rings. The largest absolute Gasteiger partial charge is 0.497 e. The minimum absolute atomic E-state index is 0.190. The van der Waals surface area contributed by atoms with Crippen LogP contribution in [0.2, 0.25) is 0 Å². The van der Waals surface area contributed by atoms with Crippen LogP contribution in [0.15, 0.2) is 29.3 Å². The zero-order chi connectivity index (χ0) is 19.2. The van der Waals surface area contributed by atoms with Crippen LogP contribution in [0.4, 0.5) is 4.79 Å². The van der Waals surface area contributed by atoms with Crippen molar-refractivity contribution in [2.75, 3.05) is 33.8 Å². The Hall–Kier alpha value is -2.44. The Morgan fingerprint density at radius 2 is 1.92 bits per heavy atom. The van der Waals surface area contributed by atoms with Gasteiger partial charge < -0.3 is 25.0 Å². The van der Waals surface area contributed by atoms with Crippen molar-refractivity contribution in [3.8, 4) is 5.75 Å². The van der Waals surface area contributed by atoms with E-state index >= 15 is 0 Å². The van der Waals surface area contributed by atoms with E-state index in [2.05, 4.69) is 27.8 Å². The molecule has 0 radical (unpaired) electrons. The molecule has 2 rings (SSSR count). The normalized spacial score (nSPS) is 15.3. The smallest absolute Gasteiger partial charge is 0.410 e. The van der Waals surface area contributed by atoms with Gasteiger partial charge in [-0.15, -0.1) is 0 Å². The van der Waals surface area contributed by atoms with Gasteiger partial charge in [0, 0.05) is 26.7 Å². The number of amides is 1. The summed E-state index contributed by atoms with van der Waals surface area (Å²) in [6.07, 6.45) is 0.623. The third kappa shape index (κ3) is 6.13. The van der Waals surface area contributed by atoms with Crippen molar-refractivity contribution in [1.29, 1.82) is 0 Å². The second-order valence-corrected chi connectivity index (χ2v) is 7.32. The van der Waals surface area contributed by atoms with Crippen molar-refractivity contribution < 1.29 is 14.3 Å². The van der Waals surface area contributed by atoms with Gasteiger partial charge in [0.2, 0.25) is 0 Å². The summed E-state index contributed by atoms with van der Waals surface area (Å²) in [6.45, 7) is 7.62. The van der Waals surface area contributed by atoms with E-state index in [-0.39, 0.29) is 12.1 Å². The maximum absolute atomic E-state index is 11.9. The predicted octanol–water partition coefficient (Wildman–Crippen LogP) is 2.02. The van der Waals surface area contributed by atoms with Crippen LogP contribution >= 0.6 is 0 Å². The van der Waals surface area contributed by atoms with Crippen LogP contribution in [0, 0.1) is 0 Å². The standard InChI is InChI=1S/C19H30N4O3/c1-19(2,3)26-18(24)23-12-15(13-23)22-17(20-4)21-11-10-14-6-8-16(25-5)9-7-14/h6-9,15H,10-13H2,1-5H3,(H2,20,21,22). The lowest BCUT2D eigenvalue weighted by atomic mass is 10.1. The number of carbonyl (C=O) groups excluding carboxylic acids is 1. The van der Waals surface area contributed by atoms with Crippen molar-refractivity contribution in [3.05, 3.63) is 29.8 Å². The lowest BCUT2D eigenvalue weighted by molar-refractivity contribution is 0.00701. The van der Waals surface area contributed by atoms with E-state index in [0.717, 1.165) is 24.7 Å². The topological polar surface area (TPSA) is 75.2 Å². The summed E-state index contributed by atoms with van der Waals surface area (Å²) < 4.78 is 10.5. The van der Waals surface area contributed by atoms with Crippen molar-refractivity contribution >= 4 is 12.1 Å². The molecule has 0 aliphatic carbocycles. The number of hydrogen-bond donors (Lipinski definition) is 2. The van der Waals surface area contributed by atoms with Crippen molar-refractivity contribution in [1.82, 2.24) is 15.5 Å².